The monoisotopic (exact) mass is 303 g/mol. The first kappa shape index (κ1) is 15.6. The summed E-state index contributed by atoms with van der Waals surface area (Å²) in [4.78, 5) is 8.68. The molecule has 21 heavy (non-hydrogen) atoms. The Bertz CT molecular complexity index is 550. The van der Waals surface area contributed by atoms with Gasteiger partial charge >= 0.3 is 0 Å². The molecule has 0 saturated heterocycles. The average Bonchev–Trinajstić information content (AvgIpc) is 2.53. The van der Waals surface area contributed by atoms with Gasteiger partial charge in [-0.05, 0) is 36.8 Å². The minimum absolute atomic E-state index is 0.556. The second-order valence-electron chi connectivity index (χ2n) is 4.68. The fraction of sp³-hybridized carbons (Fsp3) is 0.375. The number of nitrogens with zero attached hydrogens (tertiary/aromatic N) is 2. The van der Waals surface area contributed by atoms with Crippen LogP contribution in [0, 0.1) is 0 Å². The summed E-state index contributed by atoms with van der Waals surface area (Å²) < 4.78 is 5.82. The summed E-state index contributed by atoms with van der Waals surface area (Å²) in [6, 6.07) is 10.0. The molecule has 0 atom stereocenters. The Morgan fingerprint density at radius 3 is 2.57 bits per heavy atom. The molecule has 2 rings (SSSR count). The van der Waals surface area contributed by atoms with Crippen LogP contribution in [-0.2, 0) is 6.42 Å². The highest BCUT2D eigenvalue weighted by Gasteiger charge is 2.05. The van der Waals surface area contributed by atoms with Crippen molar-refractivity contribution in [2.24, 2.45) is 0 Å². The van der Waals surface area contributed by atoms with Gasteiger partial charge in [-0.2, -0.15) is 4.98 Å². The number of hydrogen-bond donors (Lipinski definition) is 1. The predicted molar refractivity (Wildman–Crippen MR) is 88.5 cm³/mol. The normalized spacial score (nSPS) is 10.4. The summed E-state index contributed by atoms with van der Waals surface area (Å²) in [5, 5.41) is 3.71. The van der Waals surface area contributed by atoms with Crippen molar-refractivity contribution in [1.82, 2.24) is 9.97 Å². The second kappa shape index (κ2) is 7.88. The Morgan fingerprint density at radius 1 is 1.19 bits per heavy atom. The fourth-order valence-corrected chi connectivity index (χ4v) is 2.27. The molecule has 0 aliphatic heterocycles. The zero-order chi connectivity index (χ0) is 15.1. The number of rotatable bonds is 7. The standard InChI is InChI=1S/C16H21N3OS/c1-4-5-6-12-7-9-13(10-8-12)20-15-11-14(17-2)18-16(19-15)21-3/h7-11H,4-6H2,1-3H3,(H,17,18,19). The van der Waals surface area contributed by atoms with Gasteiger partial charge < -0.3 is 10.1 Å². The molecule has 0 radical (unpaired) electrons. The Balaban J connectivity index is 2.10. The number of thioether (sulfide) groups is 1. The van der Waals surface area contributed by atoms with Crippen molar-refractivity contribution in [2.45, 2.75) is 31.3 Å². The van der Waals surface area contributed by atoms with Crippen LogP contribution in [-0.4, -0.2) is 23.3 Å². The van der Waals surface area contributed by atoms with Gasteiger partial charge in [-0.25, -0.2) is 4.98 Å². The summed E-state index contributed by atoms with van der Waals surface area (Å²) in [6.45, 7) is 2.20. The fourth-order valence-electron chi connectivity index (χ4n) is 1.90. The van der Waals surface area contributed by atoms with Crippen LogP contribution < -0.4 is 10.1 Å². The second-order valence-corrected chi connectivity index (χ2v) is 5.45. The lowest BCUT2D eigenvalue weighted by molar-refractivity contribution is 0.456. The van der Waals surface area contributed by atoms with E-state index in [-0.39, 0.29) is 0 Å². The van der Waals surface area contributed by atoms with Gasteiger partial charge in [0, 0.05) is 13.1 Å². The minimum atomic E-state index is 0.556. The van der Waals surface area contributed by atoms with Gasteiger partial charge in [0.25, 0.3) is 0 Å². The lowest BCUT2D eigenvalue weighted by Crippen LogP contribution is -1.98. The number of anilines is 1. The van der Waals surface area contributed by atoms with Crippen molar-refractivity contribution in [3.63, 3.8) is 0 Å². The minimum Gasteiger partial charge on any atom is -0.439 e. The highest BCUT2D eigenvalue weighted by Crippen LogP contribution is 2.24. The Labute approximate surface area is 130 Å². The Kier molecular flexibility index (Phi) is 5.87. The third-order valence-electron chi connectivity index (χ3n) is 3.09. The summed E-state index contributed by atoms with van der Waals surface area (Å²) in [6.07, 6.45) is 5.49. The molecule has 5 heteroatoms. The number of aromatic nitrogens is 2. The zero-order valence-corrected chi connectivity index (χ0v) is 13.5. The molecular weight excluding hydrogens is 282 g/mol. The summed E-state index contributed by atoms with van der Waals surface area (Å²) in [5.41, 5.74) is 1.34. The van der Waals surface area contributed by atoms with Gasteiger partial charge in [0.05, 0.1) is 0 Å². The SMILES string of the molecule is CCCCc1ccc(Oc2cc(NC)nc(SC)n2)cc1. The molecule has 0 aliphatic carbocycles. The van der Waals surface area contributed by atoms with Crippen LogP contribution in [0.1, 0.15) is 25.3 Å². The first-order chi connectivity index (χ1) is 10.2. The zero-order valence-electron chi connectivity index (χ0n) is 12.7. The highest BCUT2D eigenvalue weighted by atomic mass is 32.2. The van der Waals surface area contributed by atoms with Crippen LogP contribution in [0.15, 0.2) is 35.5 Å². The van der Waals surface area contributed by atoms with Crippen LogP contribution in [0.2, 0.25) is 0 Å². The third kappa shape index (κ3) is 4.63. The number of unbranched alkanes of at least 4 members (excludes halogenated alkanes) is 1. The summed E-state index contributed by atoms with van der Waals surface area (Å²) >= 11 is 1.49. The third-order valence-corrected chi connectivity index (χ3v) is 3.63. The van der Waals surface area contributed by atoms with Crippen LogP contribution in [0.25, 0.3) is 0 Å². The largest absolute Gasteiger partial charge is 0.439 e. The lowest BCUT2D eigenvalue weighted by atomic mass is 10.1. The van der Waals surface area contributed by atoms with Gasteiger partial charge in [-0.15, -0.1) is 0 Å². The number of aryl methyl sites for hydroxylation is 1. The van der Waals surface area contributed by atoms with Gasteiger partial charge in [-0.1, -0.05) is 37.2 Å². The quantitative estimate of drug-likeness (QED) is 0.607. The molecular formula is C16H21N3OS. The number of benzene rings is 1. The van der Waals surface area contributed by atoms with Crippen LogP contribution >= 0.6 is 11.8 Å². The molecule has 0 bridgehead atoms. The number of nitrogens with one attached hydrogen (secondary N) is 1. The maximum atomic E-state index is 5.82. The molecule has 0 fully saturated rings. The van der Waals surface area contributed by atoms with Crippen LogP contribution in [0.3, 0.4) is 0 Å². The first-order valence-electron chi connectivity index (χ1n) is 7.12. The van der Waals surface area contributed by atoms with Gasteiger partial charge in [0.15, 0.2) is 5.16 Å². The molecule has 112 valence electrons. The smallest absolute Gasteiger partial charge is 0.225 e. The van der Waals surface area contributed by atoms with E-state index in [0.29, 0.717) is 11.0 Å². The molecule has 1 N–H and O–H groups in total. The molecule has 0 spiro atoms. The molecule has 0 saturated carbocycles. The molecule has 0 amide bonds. The molecule has 1 aromatic carbocycles. The van der Waals surface area contributed by atoms with E-state index in [1.807, 2.05) is 25.4 Å². The van der Waals surface area contributed by atoms with Gasteiger partial charge in [-0.3, -0.25) is 0 Å². The topological polar surface area (TPSA) is 47.0 Å². The van der Waals surface area contributed by atoms with E-state index in [1.165, 1.54) is 30.2 Å². The van der Waals surface area contributed by atoms with Crippen molar-refractivity contribution >= 4 is 17.6 Å². The van der Waals surface area contributed by atoms with Crippen LogP contribution in [0.5, 0.6) is 11.6 Å². The predicted octanol–water partition coefficient (Wildman–Crippen LogP) is 4.38. The van der Waals surface area contributed by atoms with E-state index in [0.717, 1.165) is 18.0 Å². The Hall–Kier alpha value is -1.75. The van der Waals surface area contributed by atoms with E-state index < -0.39 is 0 Å². The van der Waals surface area contributed by atoms with Crippen molar-refractivity contribution in [3.05, 3.63) is 35.9 Å². The maximum Gasteiger partial charge on any atom is 0.225 e. The number of hydrogen-bond acceptors (Lipinski definition) is 5. The summed E-state index contributed by atoms with van der Waals surface area (Å²) in [5.74, 6) is 2.10. The van der Waals surface area contributed by atoms with Crippen molar-refractivity contribution in [2.75, 3.05) is 18.6 Å². The van der Waals surface area contributed by atoms with E-state index in [9.17, 15) is 0 Å². The molecule has 0 aliphatic rings. The van der Waals surface area contributed by atoms with E-state index >= 15 is 0 Å². The van der Waals surface area contributed by atoms with Crippen molar-refractivity contribution < 1.29 is 4.74 Å². The van der Waals surface area contributed by atoms with Crippen molar-refractivity contribution in [1.29, 1.82) is 0 Å². The van der Waals surface area contributed by atoms with E-state index in [2.05, 4.69) is 34.3 Å². The Morgan fingerprint density at radius 2 is 1.95 bits per heavy atom. The lowest BCUT2D eigenvalue weighted by Gasteiger charge is -2.08. The highest BCUT2D eigenvalue weighted by molar-refractivity contribution is 7.98. The van der Waals surface area contributed by atoms with E-state index in [4.69, 9.17) is 4.74 Å². The first-order valence-corrected chi connectivity index (χ1v) is 8.35. The molecule has 1 heterocycles. The molecule has 0 unspecified atom stereocenters. The van der Waals surface area contributed by atoms with Gasteiger partial charge in [0.1, 0.15) is 11.6 Å². The van der Waals surface area contributed by atoms with Crippen LogP contribution in [0.4, 0.5) is 5.82 Å². The van der Waals surface area contributed by atoms with Crippen molar-refractivity contribution in [3.8, 4) is 11.6 Å². The molecule has 1 aromatic heterocycles. The van der Waals surface area contributed by atoms with E-state index in [1.54, 1.807) is 6.07 Å². The molecule has 4 nitrogen and oxygen atoms in total. The summed E-state index contributed by atoms with van der Waals surface area (Å²) in [7, 11) is 1.83. The number of ether oxygens (including phenoxy) is 1. The molecule has 2 aromatic rings. The van der Waals surface area contributed by atoms with Gasteiger partial charge in [0.2, 0.25) is 5.88 Å². The average molecular weight is 303 g/mol. The maximum absolute atomic E-state index is 5.82.